The van der Waals surface area contributed by atoms with Gasteiger partial charge < -0.3 is 35.8 Å². The van der Waals surface area contributed by atoms with E-state index in [1.165, 1.54) is 12.2 Å². The molecule has 0 aliphatic heterocycles. The van der Waals surface area contributed by atoms with E-state index in [1.807, 2.05) is 66.7 Å². The first-order chi connectivity index (χ1) is 26.2. The van der Waals surface area contributed by atoms with Crippen LogP contribution in [0.4, 0.5) is 10.5 Å². The van der Waals surface area contributed by atoms with Crippen LogP contribution in [0.5, 0.6) is 0 Å². The summed E-state index contributed by atoms with van der Waals surface area (Å²) in [5.74, 6) is -3.66. The van der Waals surface area contributed by atoms with E-state index in [0.717, 1.165) is 21.9 Å². The molecule has 0 radical (unpaired) electrons. The summed E-state index contributed by atoms with van der Waals surface area (Å²) in [7, 11) is 0. The van der Waals surface area contributed by atoms with Crippen molar-refractivity contribution in [3.05, 3.63) is 140 Å². The SMILES string of the molecule is C=CCC(CC(=O)NC(CO)Cc1ccccc1)C(=O)NC(COC(=O)C(CC=C)NC(=O)OCc1ccccc1)C(=O)Nc1ccc2ccccc2c1. The van der Waals surface area contributed by atoms with Crippen molar-refractivity contribution < 1.29 is 38.6 Å². The molecule has 0 saturated heterocycles. The average molecular weight is 735 g/mol. The van der Waals surface area contributed by atoms with Gasteiger partial charge in [-0.15, -0.1) is 13.2 Å². The summed E-state index contributed by atoms with van der Waals surface area (Å²) in [6, 6.07) is 28.0. The number of aliphatic hydroxyl groups excluding tert-OH is 1. The highest BCUT2D eigenvalue weighted by molar-refractivity contribution is 6.00. The number of anilines is 1. The van der Waals surface area contributed by atoms with Gasteiger partial charge in [0.15, 0.2) is 0 Å². The Bertz CT molecular complexity index is 1890. The summed E-state index contributed by atoms with van der Waals surface area (Å²) in [4.78, 5) is 66.2. The molecule has 0 spiro atoms. The smallest absolute Gasteiger partial charge is 0.408 e. The maximum atomic E-state index is 13.7. The van der Waals surface area contributed by atoms with Crippen molar-refractivity contribution in [2.75, 3.05) is 18.5 Å². The van der Waals surface area contributed by atoms with Gasteiger partial charge in [0.25, 0.3) is 5.91 Å². The van der Waals surface area contributed by atoms with Crippen LogP contribution < -0.4 is 21.3 Å². The van der Waals surface area contributed by atoms with E-state index in [1.54, 1.807) is 36.4 Å². The average Bonchev–Trinajstić information content (AvgIpc) is 3.18. The Balaban J connectivity index is 1.45. The van der Waals surface area contributed by atoms with E-state index in [2.05, 4.69) is 34.4 Å². The van der Waals surface area contributed by atoms with Gasteiger partial charge in [0, 0.05) is 12.1 Å². The molecule has 0 aliphatic rings. The number of amides is 4. The first-order valence-electron chi connectivity index (χ1n) is 17.6. The van der Waals surface area contributed by atoms with Gasteiger partial charge in [-0.1, -0.05) is 103 Å². The van der Waals surface area contributed by atoms with Crippen molar-refractivity contribution in [3.63, 3.8) is 0 Å². The van der Waals surface area contributed by atoms with E-state index in [4.69, 9.17) is 9.47 Å². The third-order valence-electron chi connectivity index (χ3n) is 8.40. The van der Waals surface area contributed by atoms with Crippen molar-refractivity contribution in [1.29, 1.82) is 0 Å². The van der Waals surface area contributed by atoms with Crippen molar-refractivity contribution in [2.24, 2.45) is 5.92 Å². The van der Waals surface area contributed by atoms with Gasteiger partial charge in [0.1, 0.15) is 25.3 Å². The van der Waals surface area contributed by atoms with Crippen LogP contribution in [-0.4, -0.2) is 66.2 Å². The zero-order valence-electron chi connectivity index (χ0n) is 29.9. The number of hydrogen-bond donors (Lipinski definition) is 5. The molecule has 4 atom stereocenters. The predicted molar refractivity (Wildman–Crippen MR) is 206 cm³/mol. The van der Waals surface area contributed by atoms with Crippen LogP contribution in [0, 0.1) is 5.92 Å². The van der Waals surface area contributed by atoms with Crippen LogP contribution in [0.15, 0.2) is 128 Å². The van der Waals surface area contributed by atoms with Crippen molar-refractivity contribution in [1.82, 2.24) is 16.0 Å². The Kier molecular flexibility index (Phi) is 16.0. The van der Waals surface area contributed by atoms with Gasteiger partial charge in [-0.05, 0) is 53.3 Å². The van der Waals surface area contributed by atoms with Crippen LogP contribution in [0.3, 0.4) is 0 Å². The van der Waals surface area contributed by atoms with Gasteiger partial charge in [0.2, 0.25) is 11.8 Å². The van der Waals surface area contributed by atoms with E-state index >= 15 is 0 Å². The Morgan fingerprint density at radius 2 is 1.33 bits per heavy atom. The van der Waals surface area contributed by atoms with Crippen molar-refractivity contribution >= 4 is 46.2 Å². The molecule has 4 aromatic carbocycles. The van der Waals surface area contributed by atoms with Crippen LogP contribution in [0.1, 0.15) is 30.4 Å². The number of benzene rings is 4. The summed E-state index contributed by atoms with van der Waals surface area (Å²) >= 11 is 0. The molecule has 4 amide bonds. The molecule has 0 saturated carbocycles. The zero-order chi connectivity index (χ0) is 38.7. The van der Waals surface area contributed by atoms with Gasteiger partial charge in [0.05, 0.1) is 18.6 Å². The summed E-state index contributed by atoms with van der Waals surface area (Å²) in [5, 5.41) is 22.4. The largest absolute Gasteiger partial charge is 0.461 e. The van der Waals surface area contributed by atoms with Crippen molar-refractivity contribution in [3.8, 4) is 0 Å². The maximum Gasteiger partial charge on any atom is 0.408 e. The standard InChI is InChI=1S/C42H46N4O8/c1-3-13-33(25-38(48)43-35(26-47)23-29-15-7-5-8-16-29)39(49)45-37(40(50)44-34-22-21-31-19-11-12-20-32(31)24-34)28-53-41(51)36(14-4-2)46-42(52)54-27-30-17-9-6-10-18-30/h3-12,15-22,24,33,35-37,47H,1-2,13-14,23,25-28H2,(H,43,48)(H,44,50)(H,45,49)(H,46,52). The van der Waals surface area contributed by atoms with Gasteiger partial charge in [-0.25, -0.2) is 9.59 Å². The second kappa shape index (κ2) is 21.3. The zero-order valence-corrected chi connectivity index (χ0v) is 29.9. The quantitative estimate of drug-likeness (QED) is 0.0625. The number of aliphatic hydroxyl groups is 1. The Morgan fingerprint density at radius 1 is 0.685 bits per heavy atom. The summed E-state index contributed by atoms with van der Waals surface area (Å²) in [5.41, 5.74) is 2.10. The lowest BCUT2D eigenvalue weighted by Crippen LogP contribution is -2.51. The highest BCUT2D eigenvalue weighted by atomic mass is 16.6. The number of ether oxygens (including phenoxy) is 2. The second-order valence-electron chi connectivity index (χ2n) is 12.6. The van der Waals surface area contributed by atoms with Crippen LogP contribution >= 0.6 is 0 Å². The van der Waals surface area contributed by atoms with Crippen molar-refractivity contribution in [2.45, 2.75) is 50.4 Å². The lowest BCUT2D eigenvalue weighted by molar-refractivity contribution is -0.148. The van der Waals surface area contributed by atoms with E-state index < -0.39 is 60.4 Å². The molecular weight excluding hydrogens is 688 g/mol. The molecule has 12 heteroatoms. The molecule has 4 unspecified atom stereocenters. The van der Waals surface area contributed by atoms with E-state index in [9.17, 15) is 29.1 Å². The molecule has 5 N–H and O–H groups in total. The lowest BCUT2D eigenvalue weighted by Gasteiger charge is -2.24. The molecule has 282 valence electrons. The molecule has 0 aliphatic carbocycles. The number of alkyl carbamates (subject to hydrolysis) is 1. The summed E-state index contributed by atoms with van der Waals surface area (Å²) in [6.45, 7) is 6.42. The number of carbonyl (C=O) groups excluding carboxylic acids is 5. The normalized spacial score (nSPS) is 12.9. The Hall–Kier alpha value is -6.27. The molecule has 4 aromatic rings. The van der Waals surface area contributed by atoms with Crippen LogP contribution in [0.2, 0.25) is 0 Å². The molecule has 12 nitrogen and oxygen atoms in total. The highest BCUT2D eigenvalue weighted by Crippen LogP contribution is 2.19. The molecule has 0 aromatic heterocycles. The van der Waals surface area contributed by atoms with E-state index in [-0.39, 0.29) is 32.5 Å². The summed E-state index contributed by atoms with van der Waals surface area (Å²) in [6.07, 6.45) is 2.25. The third-order valence-corrected chi connectivity index (χ3v) is 8.40. The van der Waals surface area contributed by atoms with Gasteiger partial charge in [-0.2, -0.15) is 0 Å². The minimum absolute atomic E-state index is 0.00475. The Morgan fingerprint density at radius 3 is 2.00 bits per heavy atom. The number of esters is 1. The number of allylic oxidation sites excluding steroid dienone is 1. The fourth-order valence-corrected chi connectivity index (χ4v) is 5.58. The number of nitrogens with one attached hydrogen (secondary N) is 4. The summed E-state index contributed by atoms with van der Waals surface area (Å²) < 4.78 is 10.7. The number of fused-ring (bicyclic) bond motifs is 1. The second-order valence-corrected chi connectivity index (χ2v) is 12.6. The minimum atomic E-state index is -1.40. The molecule has 0 fully saturated rings. The molecule has 4 rings (SSSR count). The molecule has 54 heavy (non-hydrogen) atoms. The maximum absolute atomic E-state index is 13.7. The third kappa shape index (κ3) is 13.1. The molecular formula is C42H46N4O8. The highest BCUT2D eigenvalue weighted by Gasteiger charge is 2.30. The number of hydrogen-bond acceptors (Lipinski definition) is 8. The number of carbonyl (C=O) groups is 5. The minimum Gasteiger partial charge on any atom is -0.461 e. The fourth-order valence-electron chi connectivity index (χ4n) is 5.58. The van der Waals surface area contributed by atoms with Crippen LogP contribution in [-0.2, 0) is 41.7 Å². The molecule has 0 bridgehead atoms. The Labute approximate surface area is 314 Å². The first kappa shape index (κ1) is 40.5. The first-order valence-corrected chi connectivity index (χ1v) is 17.6. The monoisotopic (exact) mass is 734 g/mol. The van der Waals surface area contributed by atoms with Gasteiger partial charge in [-0.3, -0.25) is 14.4 Å². The topological polar surface area (TPSA) is 172 Å². The van der Waals surface area contributed by atoms with Crippen LogP contribution in [0.25, 0.3) is 10.8 Å². The van der Waals surface area contributed by atoms with E-state index in [0.29, 0.717) is 12.1 Å². The van der Waals surface area contributed by atoms with Gasteiger partial charge >= 0.3 is 12.1 Å². The molecule has 0 heterocycles. The number of rotatable bonds is 20. The predicted octanol–water partition coefficient (Wildman–Crippen LogP) is 4.98. The lowest BCUT2D eigenvalue weighted by atomic mass is 9.98. The fraction of sp³-hybridized carbons (Fsp3) is 0.262.